The van der Waals surface area contributed by atoms with Crippen LogP contribution in [0.25, 0.3) is 0 Å². The van der Waals surface area contributed by atoms with Gasteiger partial charge in [-0.1, -0.05) is 24.3 Å². The van der Waals surface area contributed by atoms with Crippen LogP contribution in [0.3, 0.4) is 0 Å². The van der Waals surface area contributed by atoms with Crippen molar-refractivity contribution in [3.63, 3.8) is 0 Å². The van der Waals surface area contributed by atoms with Crippen LogP contribution in [0.1, 0.15) is 12.8 Å². The Kier molecular flexibility index (Phi) is 1.84. The quantitative estimate of drug-likeness (QED) is 0.581. The molecular weight excluding hydrogens is 176 g/mol. The third-order valence-electron chi connectivity index (χ3n) is 3.68. The van der Waals surface area contributed by atoms with Crippen molar-refractivity contribution >= 4 is 5.78 Å². The van der Waals surface area contributed by atoms with Gasteiger partial charge in [0.2, 0.25) is 0 Å². The summed E-state index contributed by atoms with van der Waals surface area (Å²) < 4.78 is 5.75. The fourth-order valence-electron chi connectivity index (χ4n) is 2.98. The highest BCUT2D eigenvalue weighted by molar-refractivity contribution is 5.81. The van der Waals surface area contributed by atoms with Crippen LogP contribution in [0.4, 0.5) is 0 Å². The first-order valence-electron chi connectivity index (χ1n) is 5.33. The average Bonchev–Trinajstić information content (AvgIpc) is 2.59. The largest absolute Gasteiger partial charge is 0.373 e. The molecule has 1 heterocycles. The normalized spacial score (nSPS) is 45.0. The molecule has 4 unspecified atom stereocenters. The fourth-order valence-corrected chi connectivity index (χ4v) is 2.98. The van der Waals surface area contributed by atoms with Gasteiger partial charge in [-0.15, -0.1) is 0 Å². The molecule has 74 valence electrons. The average molecular weight is 190 g/mol. The molecule has 14 heavy (non-hydrogen) atoms. The second kappa shape index (κ2) is 3.06. The molecule has 0 aromatic heterocycles. The zero-order chi connectivity index (χ0) is 9.54. The molecule has 1 aliphatic heterocycles. The maximum absolute atomic E-state index is 11.4. The minimum absolute atomic E-state index is 0.229. The van der Waals surface area contributed by atoms with Crippen LogP contribution >= 0.6 is 0 Å². The summed E-state index contributed by atoms with van der Waals surface area (Å²) in [5.41, 5.74) is 0. The summed E-state index contributed by atoms with van der Waals surface area (Å²) >= 11 is 0. The number of allylic oxidation sites excluding steroid dienone is 2. The number of Topliss-reactive ketones (excluding diaryl/α,β-unsaturated/α-hetero) is 1. The molecular formula is C12H14O2. The van der Waals surface area contributed by atoms with Crippen LogP contribution in [-0.2, 0) is 9.53 Å². The number of fused-ring (bicyclic) bond motifs is 3. The zero-order valence-electron chi connectivity index (χ0n) is 8.06. The minimum Gasteiger partial charge on any atom is -0.373 e. The number of carbonyl (C=O) groups excluding carboxylic acids is 1. The molecule has 2 heteroatoms. The van der Waals surface area contributed by atoms with Gasteiger partial charge in [-0.3, -0.25) is 4.79 Å². The topological polar surface area (TPSA) is 26.3 Å². The van der Waals surface area contributed by atoms with Gasteiger partial charge >= 0.3 is 0 Å². The summed E-state index contributed by atoms with van der Waals surface area (Å²) in [7, 11) is 0. The van der Waals surface area contributed by atoms with E-state index >= 15 is 0 Å². The monoisotopic (exact) mass is 190 g/mol. The van der Waals surface area contributed by atoms with Crippen molar-refractivity contribution in [2.45, 2.75) is 18.9 Å². The van der Waals surface area contributed by atoms with Crippen molar-refractivity contribution in [2.24, 2.45) is 17.8 Å². The third-order valence-corrected chi connectivity index (χ3v) is 3.68. The summed E-state index contributed by atoms with van der Waals surface area (Å²) in [6, 6.07) is 0. The lowest BCUT2D eigenvalue weighted by Gasteiger charge is -2.38. The summed E-state index contributed by atoms with van der Waals surface area (Å²) in [6.45, 7) is 0.774. The molecule has 2 nitrogen and oxygen atoms in total. The molecule has 0 aromatic rings. The number of ketones is 1. The van der Waals surface area contributed by atoms with E-state index in [1.807, 2.05) is 6.08 Å². The Morgan fingerprint density at radius 2 is 2.07 bits per heavy atom. The first-order chi connectivity index (χ1) is 6.84. The van der Waals surface area contributed by atoms with Gasteiger partial charge in [0.25, 0.3) is 0 Å². The zero-order valence-corrected chi connectivity index (χ0v) is 8.06. The van der Waals surface area contributed by atoms with Gasteiger partial charge in [0.1, 0.15) is 5.78 Å². The smallest absolute Gasteiger partial charge is 0.133 e. The molecule has 3 aliphatic rings. The standard InChI is InChI=1S/C12H14O2/c13-9-5-8-7-14-12-4-2-1-3-10(12)11(8)6-9/h1-4,8,10-12H,5-7H2. The van der Waals surface area contributed by atoms with Crippen LogP contribution in [0, 0.1) is 17.8 Å². The van der Waals surface area contributed by atoms with Gasteiger partial charge in [0.15, 0.2) is 0 Å². The van der Waals surface area contributed by atoms with E-state index in [0.717, 1.165) is 19.4 Å². The van der Waals surface area contributed by atoms with Crippen LogP contribution in [0.5, 0.6) is 0 Å². The van der Waals surface area contributed by atoms with Crippen molar-refractivity contribution in [1.82, 2.24) is 0 Å². The van der Waals surface area contributed by atoms with Crippen molar-refractivity contribution in [3.05, 3.63) is 24.3 Å². The highest BCUT2D eigenvalue weighted by Crippen LogP contribution is 2.42. The van der Waals surface area contributed by atoms with E-state index in [1.54, 1.807) is 0 Å². The highest BCUT2D eigenvalue weighted by Gasteiger charge is 2.43. The van der Waals surface area contributed by atoms with E-state index in [2.05, 4.69) is 18.2 Å². The molecule has 3 rings (SSSR count). The minimum atomic E-state index is 0.229. The van der Waals surface area contributed by atoms with E-state index in [1.165, 1.54) is 0 Å². The molecule has 0 aromatic carbocycles. The highest BCUT2D eigenvalue weighted by atomic mass is 16.5. The molecule has 0 N–H and O–H groups in total. The molecule has 4 atom stereocenters. The van der Waals surface area contributed by atoms with Gasteiger partial charge in [-0.25, -0.2) is 0 Å². The maximum Gasteiger partial charge on any atom is 0.133 e. The number of rotatable bonds is 0. The Hall–Kier alpha value is -0.890. The third kappa shape index (κ3) is 1.17. The predicted molar refractivity (Wildman–Crippen MR) is 52.7 cm³/mol. The summed E-state index contributed by atoms with van der Waals surface area (Å²) in [5, 5.41) is 0. The van der Waals surface area contributed by atoms with Gasteiger partial charge in [-0.2, -0.15) is 0 Å². The summed E-state index contributed by atoms with van der Waals surface area (Å²) in [5.74, 6) is 1.90. The van der Waals surface area contributed by atoms with Crippen molar-refractivity contribution in [3.8, 4) is 0 Å². The molecule has 0 amide bonds. The second-order valence-corrected chi connectivity index (χ2v) is 4.52. The molecule has 2 fully saturated rings. The molecule has 1 saturated heterocycles. The summed E-state index contributed by atoms with van der Waals surface area (Å²) in [4.78, 5) is 11.4. The Balaban J connectivity index is 1.87. The van der Waals surface area contributed by atoms with E-state index in [4.69, 9.17) is 4.74 Å². The first kappa shape index (κ1) is 8.42. The number of ether oxygens (including phenoxy) is 1. The van der Waals surface area contributed by atoms with Crippen LogP contribution in [0.15, 0.2) is 24.3 Å². The van der Waals surface area contributed by atoms with Gasteiger partial charge in [0.05, 0.1) is 12.7 Å². The van der Waals surface area contributed by atoms with E-state index < -0.39 is 0 Å². The molecule has 0 radical (unpaired) electrons. The lowest BCUT2D eigenvalue weighted by molar-refractivity contribution is -0.117. The van der Waals surface area contributed by atoms with E-state index in [9.17, 15) is 4.79 Å². The molecule has 0 bridgehead atoms. The number of carbonyl (C=O) groups is 1. The lowest BCUT2D eigenvalue weighted by atomic mass is 9.77. The molecule has 2 aliphatic carbocycles. The van der Waals surface area contributed by atoms with Gasteiger partial charge in [-0.05, 0) is 11.8 Å². The molecule has 1 saturated carbocycles. The first-order valence-corrected chi connectivity index (χ1v) is 5.33. The Morgan fingerprint density at radius 3 is 3.00 bits per heavy atom. The van der Waals surface area contributed by atoms with Crippen LogP contribution in [-0.4, -0.2) is 18.5 Å². The lowest BCUT2D eigenvalue weighted by Crippen LogP contribution is -2.38. The fraction of sp³-hybridized carbons (Fsp3) is 0.583. The Bertz CT molecular complexity index is 316. The predicted octanol–water partition coefficient (Wildman–Crippen LogP) is 1.72. The maximum atomic E-state index is 11.4. The van der Waals surface area contributed by atoms with Crippen molar-refractivity contribution in [1.29, 1.82) is 0 Å². The van der Waals surface area contributed by atoms with Gasteiger partial charge < -0.3 is 4.74 Å². The Labute approximate surface area is 83.6 Å². The SMILES string of the molecule is O=C1CC2COC3C=CC=CC3C2C1. The van der Waals surface area contributed by atoms with Crippen LogP contribution < -0.4 is 0 Å². The van der Waals surface area contributed by atoms with E-state index in [0.29, 0.717) is 23.5 Å². The van der Waals surface area contributed by atoms with E-state index in [-0.39, 0.29) is 6.10 Å². The van der Waals surface area contributed by atoms with Crippen LogP contribution in [0.2, 0.25) is 0 Å². The van der Waals surface area contributed by atoms with Gasteiger partial charge in [0, 0.05) is 18.8 Å². The molecule has 0 spiro atoms. The summed E-state index contributed by atoms with van der Waals surface area (Å²) in [6.07, 6.45) is 10.2. The van der Waals surface area contributed by atoms with Crippen molar-refractivity contribution < 1.29 is 9.53 Å². The number of hydrogen-bond donors (Lipinski definition) is 0. The Morgan fingerprint density at radius 1 is 1.21 bits per heavy atom. The second-order valence-electron chi connectivity index (χ2n) is 4.52. The van der Waals surface area contributed by atoms with Crippen molar-refractivity contribution in [2.75, 3.05) is 6.61 Å². The number of hydrogen-bond acceptors (Lipinski definition) is 2.